The van der Waals surface area contributed by atoms with Crippen LogP contribution in [-0.2, 0) is 0 Å². The fourth-order valence-electron chi connectivity index (χ4n) is 8.09. The number of thioether (sulfide) groups is 8. The fourth-order valence-corrected chi connectivity index (χ4v) is 23.1. The minimum atomic E-state index is 0.504. The molecule has 0 nitrogen and oxygen atoms in total. The molecule has 360 valence electrons. The monoisotopic (exact) mass is 1130 g/mol. The summed E-state index contributed by atoms with van der Waals surface area (Å²) in [5, 5.41) is 0. The van der Waals surface area contributed by atoms with Crippen LogP contribution in [0.4, 0.5) is 0 Å². The molecule has 1 rings (SSSR count). The molecule has 0 amide bonds. The van der Waals surface area contributed by atoms with E-state index in [1.807, 2.05) is 0 Å². The lowest BCUT2D eigenvalue weighted by Gasteiger charge is -2.35. The molecule has 0 saturated carbocycles. The number of hydrogen-bond acceptors (Lipinski definition) is 16. The molecule has 1 heterocycles. The Morgan fingerprint density at radius 3 is 0.450 bits per heavy atom. The van der Waals surface area contributed by atoms with Gasteiger partial charge in [0.2, 0.25) is 0 Å². The molecular formula is C44H88S16. The van der Waals surface area contributed by atoms with Crippen LogP contribution in [0.1, 0.15) is 103 Å². The van der Waals surface area contributed by atoms with Crippen LogP contribution in [0.25, 0.3) is 0 Å². The van der Waals surface area contributed by atoms with Crippen molar-refractivity contribution in [1.29, 1.82) is 0 Å². The molecule has 0 aliphatic carbocycles. The van der Waals surface area contributed by atoms with Gasteiger partial charge in [0, 0.05) is 46.0 Å². The Balaban J connectivity index is 3.28. The van der Waals surface area contributed by atoms with Crippen molar-refractivity contribution in [3.8, 4) is 0 Å². The van der Waals surface area contributed by atoms with E-state index < -0.39 is 0 Å². The Kier molecular flexibility index (Phi) is 46.0. The molecule has 0 spiro atoms. The van der Waals surface area contributed by atoms with Crippen LogP contribution in [0.5, 0.6) is 0 Å². The van der Waals surface area contributed by atoms with Crippen molar-refractivity contribution in [3.05, 3.63) is 0 Å². The maximum atomic E-state index is 2.32. The maximum absolute atomic E-state index is 2.32. The Morgan fingerprint density at radius 1 is 0.233 bits per heavy atom. The molecule has 0 aromatic rings. The molecule has 60 heavy (non-hydrogen) atoms. The smallest absolute Gasteiger partial charge is 0.00422 e. The third-order valence-electron chi connectivity index (χ3n) is 12.8. The van der Waals surface area contributed by atoms with E-state index in [1.54, 1.807) is 0 Å². The van der Waals surface area contributed by atoms with Gasteiger partial charge in [0.1, 0.15) is 0 Å². The van der Waals surface area contributed by atoms with Gasteiger partial charge >= 0.3 is 0 Å². The van der Waals surface area contributed by atoms with Crippen molar-refractivity contribution < 1.29 is 0 Å². The quantitative estimate of drug-likeness (QED) is 0.0842. The van der Waals surface area contributed by atoms with E-state index in [9.17, 15) is 0 Å². The number of hydrogen-bond donors (Lipinski definition) is 0. The highest BCUT2D eigenvalue weighted by Gasteiger charge is 2.33. The first-order chi connectivity index (χ1) is 29.3. The summed E-state index contributed by atoms with van der Waals surface area (Å²) in [6, 6.07) is 0. The molecule has 0 atom stereocenters. The largest absolute Gasteiger partial charge is 0.165 e. The standard InChI is InChI=1S/C44H88S16/c1-45-25-9-41(10-26-46-2)17-33-53-55-35-19-42(11-27-47-3,12-28-48-4)21-37-57-59-39-23-44(15-31-51-7,16-32-52-8)24-40-60-58-38-22-43(13-29-49-5,14-30-50-6)20-36-56-54-34-18-41/h9-40H2,1-8H3. The van der Waals surface area contributed by atoms with Gasteiger partial charge in [-0.15, -0.1) is 0 Å². The van der Waals surface area contributed by atoms with E-state index in [0.717, 1.165) is 0 Å². The fraction of sp³-hybridized carbons (Fsp3) is 1.00. The van der Waals surface area contributed by atoms with Gasteiger partial charge < -0.3 is 0 Å². The average molecular weight is 1130 g/mol. The van der Waals surface area contributed by atoms with Gasteiger partial charge in [-0.3, -0.25) is 0 Å². The maximum Gasteiger partial charge on any atom is 0.00422 e. The van der Waals surface area contributed by atoms with Crippen LogP contribution < -0.4 is 0 Å². The third kappa shape index (κ3) is 31.0. The van der Waals surface area contributed by atoms with E-state index >= 15 is 0 Å². The Labute approximate surface area is 441 Å². The predicted molar refractivity (Wildman–Crippen MR) is 330 cm³/mol. The van der Waals surface area contributed by atoms with Crippen LogP contribution in [0, 0.1) is 21.7 Å². The highest BCUT2D eigenvalue weighted by molar-refractivity contribution is 8.77. The Morgan fingerprint density at radius 2 is 0.350 bits per heavy atom. The summed E-state index contributed by atoms with van der Waals surface area (Å²) in [6.07, 6.45) is 40.9. The van der Waals surface area contributed by atoms with Gasteiger partial charge in [0.15, 0.2) is 0 Å². The molecule has 0 unspecified atom stereocenters. The molecule has 1 aliphatic heterocycles. The zero-order chi connectivity index (χ0) is 43.9. The average Bonchev–Trinajstić information content (AvgIpc) is 3.27. The summed E-state index contributed by atoms with van der Waals surface area (Å²) in [7, 11) is 17.8. The molecule has 0 aromatic heterocycles. The highest BCUT2D eigenvalue weighted by Crippen LogP contribution is 2.47. The SMILES string of the molecule is CSCCC1(CCSC)CCSSCCC(CCSC)(CCSC)CCSSCCC(CCSC)(CCSC)CCSSCCC(CCSC)(CCSC)CCSSCC1. The first-order valence-electron chi connectivity index (χ1n) is 22.2. The summed E-state index contributed by atoms with van der Waals surface area (Å²) in [5.41, 5.74) is 2.02. The second-order valence-electron chi connectivity index (χ2n) is 16.5. The number of rotatable bonds is 24. The van der Waals surface area contributed by atoms with Gasteiger partial charge in [-0.25, -0.2) is 0 Å². The van der Waals surface area contributed by atoms with Crippen LogP contribution in [0.15, 0.2) is 0 Å². The normalized spacial score (nSPS) is 21.2. The predicted octanol–water partition coefficient (Wildman–Crippen LogP) is 18.6. The summed E-state index contributed by atoms with van der Waals surface area (Å²) < 4.78 is 0. The van der Waals surface area contributed by atoms with Crippen molar-refractivity contribution in [3.63, 3.8) is 0 Å². The topological polar surface area (TPSA) is 0 Å². The molecule has 0 bridgehead atoms. The Bertz CT molecular complexity index is 715. The Hall–Kier alpha value is 5.60. The van der Waals surface area contributed by atoms with Crippen LogP contribution in [0.3, 0.4) is 0 Å². The van der Waals surface area contributed by atoms with Crippen molar-refractivity contribution in [1.82, 2.24) is 0 Å². The third-order valence-corrected chi connectivity index (χ3v) is 27.3. The summed E-state index contributed by atoms with van der Waals surface area (Å²) in [6.45, 7) is 0. The van der Waals surface area contributed by atoms with E-state index in [1.165, 1.54) is 195 Å². The second kappa shape index (κ2) is 43.4. The van der Waals surface area contributed by atoms with Crippen molar-refractivity contribution >= 4 is 180 Å². The molecule has 1 aliphatic rings. The molecule has 1 fully saturated rings. The van der Waals surface area contributed by atoms with E-state index in [-0.39, 0.29) is 0 Å². The van der Waals surface area contributed by atoms with E-state index in [4.69, 9.17) is 0 Å². The zero-order valence-electron chi connectivity index (χ0n) is 39.2. The summed E-state index contributed by atoms with van der Waals surface area (Å²) >= 11 is 16.6. The van der Waals surface area contributed by atoms with Gasteiger partial charge in [-0.05, 0) is 220 Å². The minimum Gasteiger partial charge on any atom is -0.165 e. The lowest BCUT2D eigenvalue weighted by Crippen LogP contribution is -2.26. The summed E-state index contributed by atoms with van der Waals surface area (Å²) in [5.74, 6) is 21.1. The van der Waals surface area contributed by atoms with Crippen LogP contribution in [-0.4, -0.2) is 142 Å². The van der Waals surface area contributed by atoms with Gasteiger partial charge in [-0.2, -0.15) is 94.1 Å². The van der Waals surface area contributed by atoms with Crippen molar-refractivity contribution in [2.45, 2.75) is 103 Å². The molecular weight excluding hydrogens is 1040 g/mol. The van der Waals surface area contributed by atoms with Crippen LogP contribution >= 0.6 is 180 Å². The lowest BCUT2D eigenvalue weighted by molar-refractivity contribution is 0.249. The van der Waals surface area contributed by atoms with Gasteiger partial charge in [0.25, 0.3) is 0 Å². The van der Waals surface area contributed by atoms with Gasteiger partial charge in [0.05, 0.1) is 0 Å². The molecule has 16 heteroatoms. The zero-order valence-corrected chi connectivity index (χ0v) is 52.2. The molecule has 0 aromatic carbocycles. The first-order valence-corrected chi connectivity index (χ1v) is 43.3. The lowest BCUT2D eigenvalue weighted by atomic mass is 9.77. The molecule has 0 N–H and O–H groups in total. The van der Waals surface area contributed by atoms with Crippen molar-refractivity contribution in [2.24, 2.45) is 21.7 Å². The van der Waals surface area contributed by atoms with Crippen LogP contribution in [0.2, 0.25) is 0 Å². The highest BCUT2D eigenvalue weighted by atomic mass is 33.1. The van der Waals surface area contributed by atoms with E-state index in [0.29, 0.717) is 21.7 Å². The molecule has 1 saturated heterocycles. The first kappa shape index (κ1) is 63.6. The summed E-state index contributed by atoms with van der Waals surface area (Å²) in [4.78, 5) is 0. The minimum absolute atomic E-state index is 0.504. The van der Waals surface area contributed by atoms with Gasteiger partial charge in [-0.1, -0.05) is 86.4 Å². The molecule has 0 radical (unpaired) electrons. The second-order valence-corrected chi connectivity index (χ2v) is 35.2. The van der Waals surface area contributed by atoms with Crippen molar-refractivity contribution in [2.75, 3.05) is 142 Å². The van der Waals surface area contributed by atoms with E-state index in [2.05, 4.69) is 230 Å².